The first-order chi connectivity index (χ1) is 9.20. The number of nitrogens with two attached hydrogens (primary N) is 1. The smallest absolute Gasteiger partial charge is 0.412 e. The number of anilines is 1. The van der Waals surface area contributed by atoms with E-state index in [1.807, 2.05) is 36.4 Å². The van der Waals surface area contributed by atoms with Gasteiger partial charge in [0.2, 0.25) is 0 Å². The van der Waals surface area contributed by atoms with Crippen molar-refractivity contribution in [2.75, 3.05) is 4.90 Å². The lowest BCUT2D eigenvalue weighted by Gasteiger charge is -2.33. The summed E-state index contributed by atoms with van der Waals surface area (Å²) >= 11 is 0. The average molecular weight is 260 g/mol. The van der Waals surface area contributed by atoms with E-state index >= 15 is 0 Å². The molecule has 0 spiro atoms. The van der Waals surface area contributed by atoms with Crippen molar-refractivity contribution in [3.05, 3.63) is 42.5 Å². The standard InChI is InChI=1S/C15H20N2O2/c16-13-10-6-1-2-7-11-14(13)17(15(18)19)12-8-4-3-5-9-12/h3-6,8-10,13-14H,1-2,7,11,16H2,(H,18,19)/b10-6+. The molecular formula is C15H20N2O2. The molecule has 0 aromatic heterocycles. The van der Waals surface area contributed by atoms with Gasteiger partial charge in [-0.2, -0.15) is 0 Å². The van der Waals surface area contributed by atoms with Gasteiger partial charge in [0, 0.05) is 11.7 Å². The fraction of sp³-hybridized carbons (Fsp3) is 0.400. The molecule has 3 N–H and O–H groups in total. The van der Waals surface area contributed by atoms with Gasteiger partial charge in [-0.25, -0.2) is 4.79 Å². The average Bonchev–Trinajstić information content (AvgIpc) is 2.39. The largest absolute Gasteiger partial charge is 0.465 e. The number of carboxylic acid groups (broad SMARTS) is 1. The third-order valence-corrected chi connectivity index (χ3v) is 3.50. The highest BCUT2D eigenvalue weighted by Crippen LogP contribution is 2.23. The van der Waals surface area contributed by atoms with E-state index in [4.69, 9.17) is 5.73 Å². The fourth-order valence-corrected chi connectivity index (χ4v) is 2.52. The quantitative estimate of drug-likeness (QED) is 0.803. The third-order valence-electron chi connectivity index (χ3n) is 3.50. The van der Waals surface area contributed by atoms with Crippen LogP contribution in [0.5, 0.6) is 0 Å². The summed E-state index contributed by atoms with van der Waals surface area (Å²) in [5.74, 6) is 0. The molecule has 0 fully saturated rings. The Kier molecular flexibility index (Phi) is 4.58. The first-order valence-corrected chi connectivity index (χ1v) is 6.69. The van der Waals surface area contributed by atoms with E-state index in [1.54, 1.807) is 0 Å². The molecule has 1 aliphatic carbocycles. The minimum Gasteiger partial charge on any atom is -0.465 e. The number of allylic oxidation sites excluding steroid dienone is 1. The third kappa shape index (κ3) is 3.35. The molecule has 0 saturated heterocycles. The van der Waals surface area contributed by atoms with Crippen LogP contribution in [0.4, 0.5) is 10.5 Å². The van der Waals surface area contributed by atoms with Gasteiger partial charge in [0.05, 0.1) is 6.04 Å². The van der Waals surface area contributed by atoms with E-state index in [9.17, 15) is 9.90 Å². The first-order valence-electron chi connectivity index (χ1n) is 6.69. The van der Waals surface area contributed by atoms with Crippen LogP contribution in [0.25, 0.3) is 0 Å². The summed E-state index contributed by atoms with van der Waals surface area (Å²) in [5.41, 5.74) is 6.82. The predicted octanol–water partition coefficient (Wildman–Crippen LogP) is 3.00. The monoisotopic (exact) mass is 260 g/mol. The number of nitrogens with zero attached hydrogens (tertiary/aromatic N) is 1. The number of para-hydroxylation sites is 1. The lowest BCUT2D eigenvalue weighted by Crippen LogP contribution is -2.50. The van der Waals surface area contributed by atoms with Crippen LogP contribution in [-0.4, -0.2) is 23.3 Å². The molecule has 0 heterocycles. The molecule has 2 atom stereocenters. The molecule has 1 amide bonds. The molecule has 19 heavy (non-hydrogen) atoms. The first kappa shape index (κ1) is 13.6. The minimum absolute atomic E-state index is 0.198. The molecule has 2 unspecified atom stereocenters. The van der Waals surface area contributed by atoms with Gasteiger partial charge in [0.15, 0.2) is 0 Å². The van der Waals surface area contributed by atoms with Crippen LogP contribution in [-0.2, 0) is 0 Å². The Morgan fingerprint density at radius 2 is 2.00 bits per heavy atom. The fourth-order valence-electron chi connectivity index (χ4n) is 2.52. The molecule has 102 valence electrons. The summed E-state index contributed by atoms with van der Waals surface area (Å²) in [6.07, 6.45) is 6.96. The molecule has 0 bridgehead atoms. The van der Waals surface area contributed by atoms with Crippen molar-refractivity contribution >= 4 is 11.8 Å². The Hall–Kier alpha value is -1.81. The van der Waals surface area contributed by atoms with E-state index in [1.165, 1.54) is 4.90 Å². The molecule has 4 nitrogen and oxygen atoms in total. The zero-order valence-corrected chi connectivity index (χ0v) is 10.9. The summed E-state index contributed by atoms with van der Waals surface area (Å²) in [5, 5.41) is 9.51. The molecular weight excluding hydrogens is 240 g/mol. The molecule has 2 rings (SSSR count). The molecule has 0 radical (unpaired) electrons. The number of rotatable bonds is 2. The second kappa shape index (κ2) is 6.38. The van der Waals surface area contributed by atoms with Crippen LogP contribution in [0.15, 0.2) is 42.5 Å². The van der Waals surface area contributed by atoms with Gasteiger partial charge >= 0.3 is 6.09 Å². The van der Waals surface area contributed by atoms with Gasteiger partial charge in [0.1, 0.15) is 0 Å². The van der Waals surface area contributed by atoms with Crippen molar-refractivity contribution in [1.82, 2.24) is 0 Å². The van der Waals surface area contributed by atoms with Crippen molar-refractivity contribution in [3.63, 3.8) is 0 Å². The summed E-state index contributed by atoms with van der Waals surface area (Å²) in [6.45, 7) is 0. The summed E-state index contributed by atoms with van der Waals surface area (Å²) in [4.78, 5) is 13.0. The maximum atomic E-state index is 11.6. The summed E-state index contributed by atoms with van der Waals surface area (Å²) in [7, 11) is 0. The Morgan fingerprint density at radius 3 is 2.68 bits per heavy atom. The van der Waals surface area contributed by atoms with Crippen LogP contribution < -0.4 is 10.6 Å². The van der Waals surface area contributed by atoms with Gasteiger partial charge in [-0.05, 0) is 31.4 Å². The topological polar surface area (TPSA) is 66.6 Å². The van der Waals surface area contributed by atoms with Gasteiger partial charge in [-0.15, -0.1) is 0 Å². The van der Waals surface area contributed by atoms with E-state index < -0.39 is 6.09 Å². The zero-order chi connectivity index (χ0) is 13.7. The second-order valence-electron chi connectivity index (χ2n) is 4.85. The number of amides is 1. The van der Waals surface area contributed by atoms with Crippen molar-refractivity contribution < 1.29 is 9.90 Å². The lowest BCUT2D eigenvalue weighted by molar-refractivity contribution is 0.197. The van der Waals surface area contributed by atoms with Crippen molar-refractivity contribution in [2.45, 2.75) is 37.8 Å². The van der Waals surface area contributed by atoms with Crippen LogP contribution in [0.2, 0.25) is 0 Å². The predicted molar refractivity (Wildman–Crippen MR) is 76.3 cm³/mol. The second-order valence-corrected chi connectivity index (χ2v) is 4.85. The van der Waals surface area contributed by atoms with Gasteiger partial charge in [-0.3, -0.25) is 4.90 Å². The highest BCUT2D eigenvalue weighted by molar-refractivity contribution is 5.86. The van der Waals surface area contributed by atoms with Crippen molar-refractivity contribution in [1.29, 1.82) is 0 Å². The molecule has 1 aliphatic rings. The minimum atomic E-state index is -0.944. The van der Waals surface area contributed by atoms with Gasteiger partial charge in [-0.1, -0.05) is 36.8 Å². The maximum Gasteiger partial charge on any atom is 0.412 e. The highest BCUT2D eigenvalue weighted by Gasteiger charge is 2.28. The molecule has 4 heteroatoms. The molecule has 1 aromatic rings. The van der Waals surface area contributed by atoms with Crippen LogP contribution in [0.3, 0.4) is 0 Å². The Balaban J connectivity index is 2.29. The Bertz CT molecular complexity index is 445. The van der Waals surface area contributed by atoms with Crippen LogP contribution >= 0.6 is 0 Å². The van der Waals surface area contributed by atoms with Crippen molar-refractivity contribution in [2.24, 2.45) is 5.73 Å². The zero-order valence-electron chi connectivity index (χ0n) is 10.9. The maximum absolute atomic E-state index is 11.6. The SMILES string of the molecule is NC1/C=C/CCCCC1N(C(=O)O)c1ccccc1. The normalized spacial score (nSPS) is 25.1. The Morgan fingerprint density at radius 1 is 1.26 bits per heavy atom. The molecule has 1 aromatic carbocycles. The van der Waals surface area contributed by atoms with E-state index in [0.717, 1.165) is 25.7 Å². The van der Waals surface area contributed by atoms with Crippen LogP contribution in [0, 0.1) is 0 Å². The lowest BCUT2D eigenvalue weighted by atomic mass is 9.96. The van der Waals surface area contributed by atoms with Gasteiger partial charge < -0.3 is 10.8 Å². The number of hydrogen-bond donors (Lipinski definition) is 2. The summed E-state index contributed by atoms with van der Waals surface area (Å²) < 4.78 is 0. The number of benzene rings is 1. The van der Waals surface area contributed by atoms with E-state index in [2.05, 4.69) is 6.08 Å². The number of carbonyl (C=O) groups is 1. The summed E-state index contributed by atoms with van der Waals surface area (Å²) in [6, 6.07) is 8.73. The molecule has 0 aliphatic heterocycles. The van der Waals surface area contributed by atoms with E-state index in [-0.39, 0.29) is 12.1 Å². The molecule has 0 saturated carbocycles. The van der Waals surface area contributed by atoms with E-state index in [0.29, 0.717) is 5.69 Å². The van der Waals surface area contributed by atoms with Crippen molar-refractivity contribution in [3.8, 4) is 0 Å². The Labute approximate surface area is 113 Å². The number of hydrogen-bond acceptors (Lipinski definition) is 2. The van der Waals surface area contributed by atoms with Crippen LogP contribution in [0.1, 0.15) is 25.7 Å². The highest BCUT2D eigenvalue weighted by atomic mass is 16.4. The van der Waals surface area contributed by atoms with Gasteiger partial charge in [0.25, 0.3) is 0 Å².